The molecule has 5 nitrogen and oxygen atoms in total. The second kappa shape index (κ2) is 7.27. The van der Waals surface area contributed by atoms with Gasteiger partial charge in [-0.25, -0.2) is 4.79 Å². The predicted octanol–water partition coefficient (Wildman–Crippen LogP) is 3.86. The minimum atomic E-state index is -0.348. The van der Waals surface area contributed by atoms with Crippen LogP contribution >= 0.6 is 0 Å². The summed E-state index contributed by atoms with van der Waals surface area (Å²) in [6, 6.07) is 15.2. The molecule has 1 amide bonds. The molecule has 5 heteroatoms. The van der Waals surface area contributed by atoms with Crippen LogP contribution in [0.1, 0.15) is 41.3 Å². The Morgan fingerprint density at radius 2 is 1.89 bits per heavy atom. The summed E-state index contributed by atoms with van der Waals surface area (Å²) in [5.74, 6) is -0.0255. The number of fused-ring (bicyclic) bond motifs is 1. The summed E-state index contributed by atoms with van der Waals surface area (Å²) in [4.78, 5) is 23.9. The maximum atomic E-state index is 12.0. The van der Waals surface area contributed by atoms with Gasteiger partial charge in [0.05, 0.1) is 0 Å². The first-order valence-corrected chi connectivity index (χ1v) is 9.33. The second-order valence-electron chi connectivity index (χ2n) is 6.95. The van der Waals surface area contributed by atoms with Gasteiger partial charge in [-0.1, -0.05) is 19.1 Å². The van der Waals surface area contributed by atoms with Crippen molar-refractivity contribution >= 4 is 22.6 Å². The molecular formula is C22H22N2O3. The molecule has 0 radical (unpaired) electrons. The van der Waals surface area contributed by atoms with E-state index < -0.39 is 0 Å². The Bertz CT molecular complexity index is 1030. The van der Waals surface area contributed by atoms with E-state index in [4.69, 9.17) is 4.42 Å². The van der Waals surface area contributed by atoms with Crippen LogP contribution in [0, 0.1) is 0 Å². The van der Waals surface area contributed by atoms with Gasteiger partial charge in [-0.2, -0.15) is 0 Å². The first-order valence-electron chi connectivity index (χ1n) is 9.33. The van der Waals surface area contributed by atoms with E-state index in [2.05, 4.69) is 23.6 Å². The van der Waals surface area contributed by atoms with Gasteiger partial charge >= 0.3 is 5.63 Å². The number of carbonyl (C=O) groups excluding carboxylic acids is 1. The Morgan fingerprint density at radius 3 is 2.59 bits per heavy atom. The number of hydrogen-bond acceptors (Lipinski definition) is 4. The molecule has 2 N–H and O–H groups in total. The number of anilines is 1. The van der Waals surface area contributed by atoms with Gasteiger partial charge in [0, 0.05) is 35.3 Å². The van der Waals surface area contributed by atoms with Gasteiger partial charge in [-0.3, -0.25) is 4.79 Å². The Labute approximate surface area is 157 Å². The Kier molecular flexibility index (Phi) is 4.67. The number of amides is 1. The number of rotatable bonds is 6. The van der Waals surface area contributed by atoms with E-state index in [1.807, 2.05) is 36.4 Å². The second-order valence-corrected chi connectivity index (χ2v) is 6.95. The van der Waals surface area contributed by atoms with Gasteiger partial charge in [0.25, 0.3) is 5.91 Å². The van der Waals surface area contributed by atoms with Crippen LogP contribution < -0.4 is 16.3 Å². The molecular weight excluding hydrogens is 340 g/mol. The highest BCUT2D eigenvalue weighted by Crippen LogP contribution is 2.21. The molecule has 27 heavy (non-hydrogen) atoms. The number of carbonyl (C=O) groups is 1. The van der Waals surface area contributed by atoms with Crippen LogP contribution in [0.2, 0.25) is 0 Å². The molecule has 0 bridgehead atoms. The third kappa shape index (κ3) is 4.03. The van der Waals surface area contributed by atoms with Crippen LogP contribution in [0.4, 0.5) is 5.69 Å². The zero-order valence-electron chi connectivity index (χ0n) is 15.2. The molecule has 1 aromatic heterocycles. The first-order chi connectivity index (χ1) is 13.1. The topological polar surface area (TPSA) is 71.3 Å². The summed E-state index contributed by atoms with van der Waals surface area (Å²) < 4.78 is 5.35. The smallest absolute Gasteiger partial charge is 0.336 e. The molecule has 4 rings (SSSR count). The van der Waals surface area contributed by atoms with E-state index in [1.54, 1.807) is 0 Å². The zero-order chi connectivity index (χ0) is 18.8. The van der Waals surface area contributed by atoms with Crippen LogP contribution in [0.15, 0.2) is 57.7 Å². The highest BCUT2D eigenvalue weighted by Gasteiger charge is 2.23. The van der Waals surface area contributed by atoms with Crippen LogP contribution in [0.5, 0.6) is 0 Å². The Hall–Kier alpha value is -3.08. The molecule has 3 aromatic rings. The molecule has 1 saturated carbocycles. The molecule has 2 aromatic carbocycles. The number of nitrogens with one attached hydrogen (secondary N) is 2. The summed E-state index contributed by atoms with van der Waals surface area (Å²) in [6.45, 7) is 2.57. The van der Waals surface area contributed by atoms with Crippen molar-refractivity contribution in [1.29, 1.82) is 0 Å². The summed E-state index contributed by atoms with van der Waals surface area (Å²) in [6.07, 6.45) is 3.04. The molecule has 1 heterocycles. The number of benzene rings is 2. The van der Waals surface area contributed by atoms with Crippen molar-refractivity contribution in [2.75, 3.05) is 5.32 Å². The molecule has 1 fully saturated rings. The molecule has 0 unspecified atom stereocenters. The number of hydrogen-bond donors (Lipinski definition) is 2. The SMILES string of the molecule is CCc1ccc2c(CNc3ccc(C(=O)NC4CC4)cc3)cc(=O)oc2c1. The minimum absolute atomic E-state index is 0.0255. The lowest BCUT2D eigenvalue weighted by Gasteiger charge is -2.10. The molecule has 1 aliphatic carbocycles. The van der Waals surface area contributed by atoms with Crippen molar-refractivity contribution in [2.24, 2.45) is 0 Å². The quantitative estimate of drug-likeness (QED) is 0.653. The fourth-order valence-electron chi connectivity index (χ4n) is 3.07. The van der Waals surface area contributed by atoms with E-state index in [9.17, 15) is 9.59 Å². The summed E-state index contributed by atoms with van der Waals surface area (Å²) in [5, 5.41) is 7.22. The fourth-order valence-corrected chi connectivity index (χ4v) is 3.07. The van der Waals surface area contributed by atoms with Crippen molar-refractivity contribution < 1.29 is 9.21 Å². The molecule has 0 atom stereocenters. The van der Waals surface area contributed by atoms with Gasteiger partial charge in [0.2, 0.25) is 0 Å². The summed E-state index contributed by atoms with van der Waals surface area (Å²) >= 11 is 0. The van der Waals surface area contributed by atoms with Gasteiger partial charge < -0.3 is 15.1 Å². The molecule has 0 spiro atoms. The molecule has 0 saturated heterocycles. The monoisotopic (exact) mass is 362 g/mol. The van der Waals surface area contributed by atoms with Crippen molar-refractivity contribution in [3.05, 3.63) is 75.6 Å². The van der Waals surface area contributed by atoms with E-state index in [-0.39, 0.29) is 11.5 Å². The maximum absolute atomic E-state index is 12.0. The Balaban J connectivity index is 1.49. The Morgan fingerprint density at radius 1 is 1.11 bits per heavy atom. The third-order valence-corrected chi connectivity index (χ3v) is 4.85. The lowest BCUT2D eigenvalue weighted by Crippen LogP contribution is -2.25. The van der Waals surface area contributed by atoms with Crippen molar-refractivity contribution in [3.8, 4) is 0 Å². The van der Waals surface area contributed by atoms with E-state index >= 15 is 0 Å². The standard InChI is InChI=1S/C22H22N2O3/c1-2-14-3-10-19-16(12-21(25)27-20(19)11-14)13-23-17-6-4-15(5-7-17)22(26)24-18-8-9-18/h3-7,10-12,18,23H,2,8-9,13H2,1H3,(H,24,26). The predicted molar refractivity (Wildman–Crippen MR) is 106 cm³/mol. The van der Waals surface area contributed by atoms with Crippen molar-refractivity contribution in [3.63, 3.8) is 0 Å². The molecule has 0 aliphatic heterocycles. The highest BCUT2D eigenvalue weighted by atomic mass is 16.4. The molecule has 1 aliphatic rings. The normalized spacial score (nSPS) is 13.5. The van der Waals surface area contributed by atoms with E-state index in [1.165, 1.54) is 6.07 Å². The maximum Gasteiger partial charge on any atom is 0.336 e. The average molecular weight is 362 g/mol. The minimum Gasteiger partial charge on any atom is -0.423 e. The average Bonchev–Trinajstić information content (AvgIpc) is 3.49. The lowest BCUT2D eigenvalue weighted by molar-refractivity contribution is 0.0951. The van der Waals surface area contributed by atoms with E-state index in [0.717, 1.165) is 41.5 Å². The van der Waals surface area contributed by atoms with Crippen LogP contribution in [-0.2, 0) is 13.0 Å². The van der Waals surface area contributed by atoms with Gasteiger partial charge in [0.15, 0.2) is 0 Å². The zero-order valence-corrected chi connectivity index (χ0v) is 15.2. The highest BCUT2D eigenvalue weighted by molar-refractivity contribution is 5.94. The summed E-state index contributed by atoms with van der Waals surface area (Å²) in [7, 11) is 0. The molecule has 138 valence electrons. The van der Waals surface area contributed by atoms with Crippen LogP contribution in [0.25, 0.3) is 11.0 Å². The van der Waals surface area contributed by atoms with Crippen molar-refractivity contribution in [1.82, 2.24) is 5.32 Å². The van der Waals surface area contributed by atoms with Gasteiger partial charge in [-0.05, 0) is 60.7 Å². The van der Waals surface area contributed by atoms with E-state index in [0.29, 0.717) is 23.7 Å². The third-order valence-electron chi connectivity index (χ3n) is 4.85. The lowest BCUT2D eigenvalue weighted by atomic mass is 10.1. The first kappa shape index (κ1) is 17.3. The van der Waals surface area contributed by atoms with Crippen molar-refractivity contribution in [2.45, 2.75) is 38.8 Å². The van der Waals surface area contributed by atoms with Gasteiger partial charge in [-0.15, -0.1) is 0 Å². The fraction of sp³-hybridized carbons (Fsp3) is 0.273. The van der Waals surface area contributed by atoms with Crippen LogP contribution in [-0.4, -0.2) is 11.9 Å². The number of aryl methyl sites for hydroxylation is 1. The van der Waals surface area contributed by atoms with Gasteiger partial charge in [0.1, 0.15) is 5.58 Å². The van der Waals surface area contributed by atoms with Crippen LogP contribution in [0.3, 0.4) is 0 Å². The summed E-state index contributed by atoms with van der Waals surface area (Å²) in [5.41, 5.74) is 3.84. The largest absolute Gasteiger partial charge is 0.423 e.